The van der Waals surface area contributed by atoms with E-state index in [-0.39, 0.29) is 11.6 Å². The summed E-state index contributed by atoms with van der Waals surface area (Å²) in [5.41, 5.74) is 6.02. The summed E-state index contributed by atoms with van der Waals surface area (Å²) in [7, 11) is 0. The number of hydrogen-bond acceptors (Lipinski definition) is 3. The zero-order chi connectivity index (χ0) is 11.5. The van der Waals surface area contributed by atoms with E-state index in [0.29, 0.717) is 6.61 Å². The first-order valence-electron chi connectivity index (χ1n) is 5.49. The van der Waals surface area contributed by atoms with E-state index in [4.69, 9.17) is 10.5 Å². The highest BCUT2D eigenvalue weighted by atomic mass is 32.1. The Hall–Kier alpha value is -0.380. The third kappa shape index (κ3) is 2.80. The first-order valence-corrected chi connectivity index (χ1v) is 6.31. The van der Waals surface area contributed by atoms with E-state index >= 15 is 0 Å². The molecule has 15 heavy (non-hydrogen) atoms. The van der Waals surface area contributed by atoms with E-state index in [1.54, 1.807) is 11.3 Å². The first kappa shape index (κ1) is 12.7. The Morgan fingerprint density at radius 3 is 2.53 bits per heavy atom. The molecule has 0 aliphatic carbocycles. The maximum absolute atomic E-state index is 6.27. The number of thiophene rings is 1. The fraction of sp³-hybridized carbons (Fsp3) is 0.667. The van der Waals surface area contributed by atoms with Crippen molar-refractivity contribution in [2.45, 2.75) is 45.8 Å². The topological polar surface area (TPSA) is 35.2 Å². The van der Waals surface area contributed by atoms with Crippen molar-refractivity contribution in [1.82, 2.24) is 0 Å². The summed E-state index contributed by atoms with van der Waals surface area (Å²) in [5.74, 6) is 0. The second-order valence-corrected chi connectivity index (χ2v) is 5.34. The molecule has 2 nitrogen and oxygen atoms in total. The van der Waals surface area contributed by atoms with E-state index in [1.165, 1.54) is 9.75 Å². The Morgan fingerprint density at radius 1 is 1.47 bits per heavy atom. The Labute approximate surface area is 96.4 Å². The van der Waals surface area contributed by atoms with E-state index in [2.05, 4.69) is 32.9 Å². The molecule has 0 radical (unpaired) electrons. The normalized spacial score (nSPS) is 17.4. The Kier molecular flexibility index (Phi) is 4.32. The van der Waals surface area contributed by atoms with Crippen molar-refractivity contribution in [3.05, 3.63) is 21.9 Å². The third-order valence-corrected chi connectivity index (χ3v) is 3.99. The highest BCUT2D eigenvalue weighted by molar-refractivity contribution is 7.12. The van der Waals surface area contributed by atoms with Crippen LogP contribution in [-0.4, -0.2) is 12.2 Å². The number of nitrogens with two attached hydrogens (primary N) is 1. The van der Waals surface area contributed by atoms with E-state index in [0.717, 1.165) is 6.42 Å². The molecule has 0 bridgehead atoms. The van der Waals surface area contributed by atoms with Gasteiger partial charge in [-0.25, -0.2) is 0 Å². The zero-order valence-corrected chi connectivity index (χ0v) is 10.9. The van der Waals surface area contributed by atoms with Gasteiger partial charge in [0.2, 0.25) is 0 Å². The maximum Gasteiger partial charge on any atom is 0.0851 e. The lowest BCUT2D eigenvalue weighted by Gasteiger charge is -2.33. The van der Waals surface area contributed by atoms with Crippen molar-refractivity contribution in [2.24, 2.45) is 5.73 Å². The van der Waals surface area contributed by atoms with E-state index in [1.807, 2.05) is 6.92 Å². The summed E-state index contributed by atoms with van der Waals surface area (Å²) in [4.78, 5) is 2.51. The monoisotopic (exact) mass is 227 g/mol. The smallest absolute Gasteiger partial charge is 0.0851 e. The second kappa shape index (κ2) is 5.10. The van der Waals surface area contributed by atoms with Crippen LogP contribution in [0.5, 0.6) is 0 Å². The average Bonchev–Trinajstić information content (AvgIpc) is 2.64. The van der Waals surface area contributed by atoms with Gasteiger partial charge in [-0.15, -0.1) is 11.3 Å². The van der Waals surface area contributed by atoms with Gasteiger partial charge in [0.15, 0.2) is 0 Å². The molecule has 2 unspecified atom stereocenters. The molecule has 0 amide bonds. The SMILES string of the molecule is CCOC(C)(CC)C(N)c1ccc(C)s1. The van der Waals surface area contributed by atoms with E-state index in [9.17, 15) is 0 Å². The molecule has 0 aliphatic rings. The van der Waals surface area contributed by atoms with Gasteiger partial charge in [-0.05, 0) is 39.3 Å². The number of ether oxygens (including phenoxy) is 1. The van der Waals surface area contributed by atoms with Crippen molar-refractivity contribution in [3.63, 3.8) is 0 Å². The lowest BCUT2D eigenvalue weighted by atomic mass is 9.92. The summed E-state index contributed by atoms with van der Waals surface area (Å²) in [6.45, 7) is 9.04. The Bertz CT molecular complexity index is 310. The highest BCUT2D eigenvalue weighted by Crippen LogP contribution is 2.33. The van der Waals surface area contributed by atoms with Gasteiger partial charge in [0.1, 0.15) is 0 Å². The van der Waals surface area contributed by atoms with Crippen LogP contribution in [0.2, 0.25) is 0 Å². The second-order valence-electron chi connectivity index (χ2n) is 4.03. The Balaban J connectivity index is 2.85. The third-order valence-electron chi connectivity index (χ3n) is 2.90. The average molecular weight is 227 g/mol. The van der Waals surface area contributed by atoms with Crippen LogP contribution in [0.1, 0.15) is 43.0 Å². The summed E-state index contributed by atoms with van der Waals surface area (Å²) in [6.07, 6.45) is 0.930. The molecule has 1 aromatic rings. The van der Waals surface area contributed by atoms with Gasteiger partial charge in [0, 0.05) is 16.4 Å². The van der Waals surface area contributed by atoms with Crippen molar-refractivity contribution in [1.29, 1.82) is 0 Å². The summed E-state index contributed by atoms with van der Waals surface area (Å²) >= 11 is 1.76. The van der Waals surface area contributed by atoms with Crippen LogP contribution in [0.15, 0.2) is 12.1 Å². The fourth-order valence-corrected chi connectivity index (χ4v) is 2.68. The van der Waals surface area contributed by atoms with Crippen LogP contribution < -0.4 is 5.73 Å². The minimum absolute atomic E-state index is 0.0267. The van der Waals surface area contributed by atoms with Crippen molar-refractivity contribution in [3.8, 4) is 0 Å². The largest absolute Gasteiger partial charge is 0.374 e. The zero-order valence-electron chi connectivity index (χ0n) is 10.0. The summed E-state index contributed by atoms with van der Waals surface area (Å²) < 4.78 is 5.79. The van der Waals surface area contributed by atoms with Gasteiger partial charge in [-0.2, -0.15) is 0 Å². The lowest BCUT2D eigenvalue weighted by molar-refractivity contribution is -0.0465. The van der Waals surface area contributed by atoms with E-state index < -0.39 is 0 Å². The number of hydrogen-bond donors (Lipinski definition) is 1. The standard InChI is InChI=1S/C12H21NOS/c1-5-12(4,14-6-2)11(13)10-8-7-9(3)15-10/h7-8,11H,5-6,13H2,1-4H3. The molecule has 1 rings (SSSR count). The minimum Gasteiger partial charge on any atom is -0.374 e. The van der Waals surface area contributed by atoms with Crippen LogP contribution in [0.3, 0.4) is 0 Å². The van der Waals surface area contributed by atoms with Crippen LogP contribution in [0.4, 0.5) is 0 Å². The molecule has 2 atom stereocenters. The van der Waals surface area contributed by atoms with Crippen LogP contribution in [0.25, 0.3) is 0 Å². The summed E-state index contributed by atoms with van der Waals surface area (Å²) in [6, 6.07) is 4.19. The lowest BCUT2D eigenvalue weighted by Crippen LogP contribution is -2.40. The molecule has 0 spiro atoms. The van der Waals surface area contributed by atoms with Gasteiger partial charge in [0.05, 0.1) is 11.6 Å². The fourth-order valence-electron chi connectivity index (χ4n) is 1.66. The molecule has 0 aliphatic heterocycles. The molecule has 0 aromatic carbocycles. The molecular formula is C12H21NOS. The van der Waals surface area contributed by atoms with Crippen LogP contribution in [0, 0.1) is 6.92 Å². The molecule has 0 saturated carbocycles. The van der Waals surface area contributed by atoms with Crippen LogP contribution >= 0.6 is 11.3 Å². The molecule has 1 aromatic heterocycles. The number of rotatable bonds is 5. The van der Waals surface area contributed by atoms with Gasteiger partial charge >= 0.3 is 0 Å². The van der Waals surface area contributed by atoms with Crippen molar-refractivity contribution < 1.29 is 4.74 Å². The molecule has 1 heterocycles. The minimum atomic E-state index is -0.244. The molecule has 0 saturated heterocycles. The number of aryl methyl sites for hydroxylation is 1. The Morgan fingerprint density at radius 2 is 2.13 bits per heavy atom. The van der Waals surface area contributed by atoms with Crippen molar-refractivity contribution >= 4 is 11.3 Å². The van der Waals surface area contributed by atoms with Gasteiger partial charge < -0.3 is 10.5 Å². The molecule has 3 heteroatoms. The van der Waals surface area contributed by atoms with Gasteiger partial charge in [0.25, 0.3) is 0 Å². The van der Waals surface area contributed by atoms with Gasteiger partial charge in [-0.1, -0.05) is 6.92 Å². The molecule has 2 N–H and O–H groups in total. The quantitative estimate of drug-likeness (QED) is 0.838. The maximum atomic E-state index is 6.27. The van der Waals surface area contributed by atoms with Crippen molar-refractivity contribution in [2.75, 3.05) is 6.61 Å². The molecule has 86 valence electrons. The highest BCUT2D eigenvalue weighted by Gasteiger charge is 2.32. The van der Waals surface area contributed by atoms with Gasteiger partial charge in [-0.3, -0.25) is 0 Å². The first-order chi connectivity index (χ1) is 7.03. The molecule has 0 fully saturated rings. The van der Waals surface area contributed by atoms with Crippen LogP contribution in [-0.2, 0) is 4.74 Å². The summed E-state index contributed by atoms with van der Waals surface area (Å²) in [5, 5.41) is 0. The predicted octanol–water partition coefficient (Wildman–Crippen LogP) is 3.26. The molecular weight excluding hydrogens is 206 g/mol. The predicted molar refractivity (Wildman–Crippen MR) is 66.3 cm³/mol.